The van der Waals surface area contributed by atoms with Crippen molar-refractivity contribution in [3.05, 3.63) is 39.4 Å². The SMILES string of the molecule is CCC1CN(c2c(F)cc3c(=O)c(C(=O)O)cn4c3c2CC[C@@H]4C)CC(C)(CC)C1O. The smallest absolute Gasteiger partial charge is 0.341 e. The molecule has 4 rings (SSSR count). The first-order chi connectivity index (χ1) is 14.6. The fourth-order valence-corrected chi connectivity index (χ4v) is 5.52. The lowest BCUT2D eigenvalue weighted by Crippen LogP contribution is -2.55. The van der Waals surface area contributed by atoms with Gasteiger partial charge in [-0.15, -0.1) is 0 Å². The highest BCUT2D eigenvalue weighted by Gasteiger charge is 2.44. The van der Waals surface area contributed by atoms with E-state index < -0.39 is 23.3 Å². The van der Waals surface area contributed by atoms with Crippen LogP contribution in [0.4, 0.5) is 10.1 Å². The van der Waals surface area contributed by atoms with Crippen LogP contribution in [0.1, 0.15) is 68.9 Å². The number of halogens is 1. The summed E-state index contributed by atoms with van der Waals surface area (Å²) in [6.07, 6.45) is 3.88. The van der Waals surface area contributed by atoms with E-state index in [0.717, 1.165) is 24.8 Å². The highest BCUT2D eigenvalue weighted by atomic mass is 19.1. The molecule has 0 amide bonds. The van der Waals surface area contributed by atoms with E-state index in [1.54, 1.807) is 0 Å². The van der Waals surface area contributed by atoms with Gasteiger partial charge in [0.1, 0.15) is 11.4 Å². The maximum absolute atomic E-state index is 15.6. The van der Waals surface area contributed by atoms with E-state index in [-0.39, 0.29) is 28.3 Å². The Hall–Kier alpha value is -2.41. The molecule has 1 aromatic heterocycles. The number of aliphatic hydroxyl groups is 1. The van der Waals surface area contributed by atoms with E-state index in [0.29, 0.717) is 30.7 Å². The Kier molecular flexibility index (Phi) is 5.36. The zero-order valence-corrected chi connectivity index (χ0v) is 18.6. The summed E-state index contributed by atoms with van der Waals surface area (Å²) in [6.45, 7) is 9.21. The number of carboxylic acids is 1. The normalized spacial score (nSPS) is 28.2. The highest BCUT2D eigenvalue weighted by molar-refractivity contribution is 5.95. The Morgan fingerprint density at radius 2 is 2.06 bits per heavy atom. The van der Waals surface area contributed by atoms with Crippen LogP contribution in [-0.4, -0.2) is 39.9 Å². The zero-order valence-electron chi connectivity index (χ0n) is 18.6. The Bertz CT molecular complexity index is 1110. The number of nitrogens with zero attached hydrogens (tertiary/aromatic N) is 2. The molecule has 6 nitrogen and oxygen atoms in total. The first-order valence-electron chi connectivity index (χ1n) is 11.2. The Balaban J connectivity index is 1.97. The van der Waals surface area contributed by atoms with Crippen molar-refractivity contribution in [3.63, 3.8) is 0 Å². The average molecular weight is 431 g/mol. The molecule has 1 fully saturated rings. The molecule has 3 heterocycles. The Morgan fingerprint density at radius 1 is 1.35 bits per heavy atom. The second-order valence-corrected chi connectivity index (χ2v) is 9.56. The van der Waals surface area contributed by atoms with Crippen LogP contribution in [0.5, 0.6) is 0 Å². The summed E-state index contributed by atoms with van der Waals surface area (Å²) in [5.41, 5.74) is 0.584. The number of carbonyl (C=O) groups is 1. The lowest BCUT2D eigenvalue weighted by Gasteiger charge is -2.49. The van der Waals surface area contributed by atoms with Crippen molar-refractivity contribution in [2.24, 2.45) is 11.3 Å². The van der Waals surface area contributed by atoms with Crippen molar-refractivity contribution in [1.82, 2.24) is 4.57 Å². The van der Waals surface area contributed by atoms with Gasteiger partial charge >= 0.3 is 5.97 Å². The number of pyridine rings is 1. The predicted octanol–water partition coefficient (Wildman–Crippen LogP) is 3.97. The lowest BCUT2D eigenvalue weighted by molar-refractivity contribution is -0.0251. The molecule has 31 heavy (non-hydrogen) atoms. The summed E-state index contributed by atoms with van der Waals surface area (Å²) in [6, 6.07) is 1.23. The van der Waals surface area contributed by atoms with Crippen molar-refractivity contribution in [2.45, 2.75) is 65.5 Å². The molecule has 0 aliphatic carbocycles. The van der Waals surface area contributed by atoms with Gasteiger partial charge in [0.2, 0.25) is 5.43 Å². The molecular formula is C24H31FN2O4. The first kappa shape index (κ1) is 21.8. The Labute approximate surface area is 181 Å². The molecule has 7 heteroatoms. The molecule has 0 spiro atoms. The van der Waals surface area contributed by atoms with Crippen molar-refractivity contribution >= 4 is 22.6 Å². The van der Waals surface area contributed by atoms with Crippen molar-refractivity contribution < 1.29 is 19.4 Å². The molecule has 2 aliphatic rings. The molecule has 0 radical (unpaired) electrons. The summed E-state index contributed by atoms with van der Waals surface area (Å²) >= 11 is 0. The standard InChI is InChI=1S/C24H31FN2O4/c1-5-14-10-26(12-24(4,6-2)22(14)29)20-15-8-7-13(3)27-11-17(23(30)31)21(28)16(19(15)27)9-18(20)25/h9,11,13-14,22,29H,5-8,10,12H2,1-4H3,(H,30,31)/t13-,14?,22?,24?/m0/s1. The summed E-state index contributed by atoms with van der Waals surface area (Å²) in [4.78, 5) is 26.5. The average Bonchev–Trinajstić information content (AvgIpc) is 2.73. The van der Waals surface area contributed by atoms with Crippen molar-refractivity contribution in [3.8, 4) is 0 Å². The van der Waals surface area contributed by atoms with Crippen LogP contribution in [0.25, 0.3) is 10.9 Å². The van der Waals surface area contributed by atoms with E-state index in [1.807, 2.05) is 37.2 Å². The number of carboxylic acid groups (broad SMARTS) is 1. The third-order valence-corrected chi connectivity index (χ3v) is 7.67. The van der Waals surface area contributed by atoms with E-state index in [2.05, 4.69) is 0 Å². The number of hydrogen-bond acceptors (Lipinski definition) is 4. The number of aryl methyl sites for hydroxylation is 1. The lowest BCUT2D eigenvalue weighted by atomic mass is 9.71. The molecule has 0 bridgehead atoms. The molecule has 2 aliphatic heterocycles. The minimum absolute atomic E-state index is 0.0134. The zero-order chi connectivity index (χ0) is 22.7. The number of piperidine rings is 1. The molecule has 4 atom stereocenters. The summed E-state index contributed by atoms with van der Waals surface area (Å²) < 4.78 is 17.4. The van der Waals surface area contributed by atoms with Gasteiger partial charge in [-0.3, -0.25) is 4.79 Å². The summed E-state index contributed by atoms with van der Waals surface area (Å²) in [5.74, 6) is -1.76. The first-order valence-corrected chi connectivity index (χ1v) is 11.2. The van der Waals surface area contributed by atoms with Gasteiger partial charge in [-0.1, -0.05) is 20.8 Å². The van der Waals surface area contributed by atoms with Gasteiger partial charge in [0.15, 0.2) is 0 Å². The van der Waals surface area contributed by atoms with E-state index >= 15 is 4.39 Å². The van der Waals surface area contributed by atoms with E-state index in [9.17, 15) is 19.8 Å². The monoisotopic (exact) mass is 430 g/mol. The van der Waals surface area contributed by atoms with Gasteiger partial charge in [0.25, 0.3) is 0 Å². The molecular weight excluding hydrogens is 399 g/mol. The molecule has 0 saturated carbocycles. The predicted molar refractivity (Wildman–Crippen MR) is 119 cm³/mol. The van der Waals surface area contributed by atoms with Crippen LogP contribution < -0.4 is 10.3 Å². The van der Waals surface area contributed by atoms with Gasteiger partial charge in [-0.2, -0.15) is 0 Å². The van der Waals surface area contributed by atoms with Crippen LogP contribution in [0.2, 0.25) is 0 Å². The van der Waals surface area contributed by atoms with Gasteiger partial charge in [-0.05, 0) is 38.7 Å². The van der Waals surface area contributed by atoms with Crippen molar-refractivity contribution in [2.75, 3.05) is 18.0 Å². The van der Waals surface area contributed by atoms with Gasteiger partial charge in [-0.25, -0.2) is 9.18 Å². The van der Waals surface area contributed by atoms with Crippen molar-refractivity contribution in [1.29, 1.82) is 0 Å². The molecule has 3 unspecified atom stereocenters. The number of aromatic nitrogens is 1. The molecule has 2 N–H and O–H groups in total. The number of anilines is 1. The minimum atomic E-state index is -1.30. The number of hydrogen-bond donors (Lipinski definition) is 2. The van der Waals surface area contributed by atoms with Crippen LogP contribution >= 0.6 is 0 Å². The van der Waals surface area contributed by atoms with E-state index in [4.69, 9.17) is 0 Å². The highest BCUT2D eigenvalue weighted by Crippen LogP contribution is 2.43. The van der Waals surface area contributed by atoms with E-state index in [1.165, 1.54) is 12.3 Å². The fourth-order valence-electron chi connectivity index (χ4n) is 5.52. The number of aliphatic hydroxyl groups excluding tert-OH is 1. The molecule has 1 saturated heterocycles. The number of rotatable bonds is 4. The van der Waals surface area contributed by atoms with Gasteiger partial charge in [0.05, 0.1) is 17.3 Å². The largest absolute Gasteiger partial charge is 0.477 e. The topological polar surface area (TPSA) is 82.8 Å². The quantitative estimate of drug-likeness (QED) is 0.767. The maximum Gasteiger partial charge on any atom is 0.341 e. The second kappa shape index (κ2) is 7.62. The fraction of sp³-hybridized carbons (Fsp3) is 0.583. The van der Waals surface area contributed by atoms with Crippen LogP contribution in [0.3, 0.4) is 0 Å². The Morgan fingerprint density at radius 3 is 2.68 bits per heavy atom. The summed E-state index contributed by atoms with van der Waals surface area (Å²) in [7, 11) is 0. The molecule has 2 aromatic rings. The van der Waals surface area contributed by atoms with Gasteiger partial charge in [0, 0.05) is 47.6 Å². The minimum Gasteiger partial charge on any atom is -0.477 e. The van der Waals surface area contributed by atoms with Gasteiger partial charge < -0.3 is 19.7 Å². The number of aromatic carboxylic acids is 1. The van der Waals surface area contributed by atoms with Crippen LogP contribution in [-0.2, 0) is 6.42 Å². The van der Waals surface area contributed by atoms with Crippen LogP contribution in [0.15, 0.2) is 17.1 Å². The molecule has 168 valence electrons. The number of benzene rings is 1. The molecule has 1 aromatic carbocycles. The third kappa shape index (κ3) is 3.25. The maximum atomic E-state index is 15.6. The third-order valence-electron chi connectivity index (χ3n) is 7.67. The summed E-state index contributed by atoms with van der Waals surface area (Å²) in [5, 5.41) is 20.5. The second-order valence-electron chi connectivity index (χ2n) is 9.56. The van der Waals surface area contributed by atoms with Crippen LogP contribution in [0, 0.1) is 17.2 Å².